The molecule has 72 valence electrons. The van der Waals surface area contributed by atoms with Crippen LogP contribution < -0.4 is 5.73 Å². The third kappa shape index (κ3) is 2.21. The highest BCUT2D eigenvalue weighted by molar-refractivity contribution is 5.81. The van der Waals surface area contributed by atoms with Gasteiger partial charge in [0.25, 0.3) is 0 Å². The van der Waals surface area contributed by atoms with Gasteiger partial charge in [-0.3, -0.25) is 4.68 Å². The van der Waals surface area contributed by atoms with Gasteiger partial charge in [-0.15, -0.1) is 0 Å². The topological polar surface area (TPSA) is 76.4 Å². The van der Waals surface area contributed by atoms with E-state index in [1.54, 1.807) is 0 Å². The van der Waals surface area contributed by atoms with Crippen molar-refractivity contribution in [1.29, 1.82) is 0 Å². The quantitative estimate of drug-likeness (QED) is 0.309. The van der Waals surface area contributed by atoms with Crippen molar-refractivity contribution in [2.24, 2.45) is 10.9 Å². The van der Waals surface area contributed by atoms with Crippen molar-refractivity contribution in [3.8, 4) is 0 Å². The van der Waals surface area contributed by atoms with Crippen molar-refractivity contribution < 1.29 is 5.21 Å². The molecule has 1 aromatic rings. The monoisotopic (exact) mass is 182 g/mol. The van der Waals surface area contributed by atoms with Gasteiger partial charge >= 0.3 is 0 Å². The highest BCUT2D eigenvalue weighted by atomic mass is 16.4. The maximum absolute atomic E-state index is 8.40. The van der Waals surface area contributed by atoms with Crippen LogP contribution in [-0.2, 0) is 13.0 Å². The number of oxime groups is 1. The third-order valence-corrected chi connectivity index (χ3v) is 1.78. The second-order valence-corrected chi connectivity index (χ2v) is 2.86. The molecule has 3 N–H and O–H groups in total. The van der Waals surface area contributed by atoms with E-state index in [4.69, 9.17) is 10.9 Å². The molecule has 13 heavy (non-hydrogen) atoms. The van der Waals surface area contributed by atoms with Crippen LogP contribution in [0.4, 0.5) is 0 Å². The summed E-state index contributed by atoms with van der Waals surface area (Å²) in [7, 11) is 0. The van der Waals surface area contributed by atoms with Gasteiger partial charge in [-0.1, -0.05) is 5.16 Å². The average molecular weight is 182 g/mol. The molecule has 0 aromatic carbocycles. The maximum atomic E-state index is 8.40. The smallest absolute Gasteiger partial charge is 0.145 e. The minimum Gasteiger partial charge on any atom is -0.409 e. The molecule has 0 radical (unpaired) electrons. The summed E-state index contributed by atoms with van der Waals surface area (Å²) in [4.78, 5) is 0. The molecule has 0 aliphatic carbocycles. The zero-order valence-corrected chi connectivity index (χ0v) is 7.86. The Hall–Kier alpha value is -1.52. The summed E-state index contributed by atoms with van der Waals surface area (Å²) in [6.07, 6.45) is 0.436. The lowest BCUT2D eigenvalue weighted by Crippen LogP contribution is -2.17. The predicted octanol–water partition coefficient (Wildman–Crippen LogP) is 0.500. The molecule has 1 heterocycles. The van der Waals surface area contributed by atoms with E-state index in [0.717, 1.165) is 17.9 Å². The fourth-order valence-electron chi connectivity index (χ4n) is 1.24. The first kappa shape index (κ1) is 9.57. The number of amidine groups is 1. The summed E-state index contributed by atoms with van der Waals surface area (Å²) in [5, 5.41) is 15.6. The van der Waals surface area contributed by atoms with Crippen molar-refractivity contribution in [3.05, 3.63) is 17.5 Å². The van der Waals surface area contributed by atoms with E-state index in [-0.39, 0.29) is 5.84 Å². The SMILES string of the molecule is CCn1nc(C)cc1CC(N)=NO. The molecule has 1 rings (SSSR count). The summed E-state index contributed by atoms with van der Waals surface area (Å²) in [5.74, 6) is 0.203. The fourth-order valence-corrected chi connectivity index (χ4v) is 1.24. The minimum absolute atomic E-state index is 0.203. The van der Waals surface area contributed by atoms with Crippen LogP contribution in [0.2, 0.25) is 0 Å². The molecule has 1 aromatic heterocycles. The van der Waals surface area contributed by atoms with Gasteiger partial charge in [-0.2, -0.15) is 5.10 Å². The molecular formula is C8H14N4O. The number of hydrogen-bond donors (Lipinski definition) is 2. The number of aromatic nitrogens is 2. The van der Waals surface area contributed by atoms with Gasteiger partial charge in [0.2, 0.25) is 0 Å². The molecule has 0 fully saturated rings. The Morgan fingerprint density at radius 2 is 2.46 bits per heavy atom. The van der Waals surface area contributed by atoms with Crippen LogP contribution in [0.25, 0.3) is 0 Å². The fraction of sp³-hybridized carbons (Fsp3) is 0.500. The average Bonchev–Trinajstić information content (AvgIpc) is 2.46. The summed E-state index contributed by atoms with van der Waals surface area (Å²) in [6.45, 7) is 4.71. The van der Waals surface area contributed by atoms with Gasteiger partial charge in [0.05, 0.1) is 12.1 Å². The molecule has 0 saturated heterocycles. The van der Waals surface area contributed by atoms with E-state index < -0.39 is 0 Å². The van der Waals surface area contributed by atoms with Crippen LogP contribution >= 0.6 is 0 Å². The Labute approximate surface area is 76.8 Å². The second kappa shape index (κ2) is 3.93. The van der Waals surface area contributed by atoms with Crippen molar-refractivity contribution in [2.45, 2.75) is 26.8 Å². The standard InChI is InChI=1S/C8H14N4O/c1-3-12-7(4-6(2)10-12)5-8(9)11-13/h4,13H,3,5H2,1-2H3,(H2,9,11). The predicted molar refractivity (Wildman–Crippen MR) is 49.8 cm³/mol. The molecule has 0 amide bonds. The minimum atomic E-state index is 0.203. The Bertz CT molecular complexity index is 316. The van der Waals surface area contributed by atoms with Crippen molar-refractivity contribution >= 4 is 5.84 Å². The van der Waals surface area contributed by atoms with Crippen molar-refractivity contribution in [1.82, 2.24) is 9.78 Å². The van der Waals surface area contributed by atoms with Crippen LogP contribution in [0.3, 0.4) is 0 Å². The van der Waals surface area contributed by atoms with Crippen LogP contribution in [0.1, 0.15) is 18.3 Å². The van der Waals surface area contributed by atoms with Gasteiger partial charge in [0, 0.05) is 12.2 Å². The number of hydrogen-bond acceptors (Lipinski definition) is 3. The summed E-state index contributed by atoms with van der Waals surface area (Å²) >= 11 is 0. The van der Waals surface area contributed by atoms with Gasteiger partial charge < -0.3 is 10.9 Å². The Morgan fingerprint density at radius 1 is 1.77 bits per heavy atom. The lowest BCUT2D eigenvalue weighted by Gasteiger charge is -2.02. The Kier molecular flexibility index (Phi) is 2.89. The molecule has 5 heteroatoms. The van der Waals surface area contributed by atoms with E-state index in [1.807, 2.05) is 24.6 Å². The third-order valence-electron chi connectivity index (χ3n) is 1.78. The second-order valence-electron chi connectivity index (χ2n) is 2.86. The largest absolute Gasteiger partial charge is 0.409 e. The van der Waals surface area contributed by atoms with Gasteiger partial charge in [-0.25, -0.2) is 0 Å². The zero-order valence-electron chi connectivity index (χ0n) is 7.86. The van der Waals surface area contributed by atoms with Crippen LogP contribution in [0.5, 0.6) is 0 Å². The van der Waals surface area contributed by atoms with Gasteiger partial charge in [-0.05, 0) is 19.9 Å². The summed E-state index contributed by atoms with van der Waals surface area (Å²) < 4.78 is 1.84. The molecule has 0 aliphatic rings. The summed E-state index contributed by atoms with van der Waals surface area (Å²) in [6, 6.07) is 1.93. The highest BCUT2D eigenvalue weighted by Crippen LogP contribution is 2.04. The zero-order chi connectivity index (χ0) is 9.84. The number of nitrogens with zero attached hydrogens (tertiary/aromatic N) is 3. The van der Waals surface area contributed by atoms with Crippen molar-refractivity contribution in [2.75, 3.05) is 0 Å². The van der Waals surface area contributed by atoms with Crippen LogP contribution in [0.15, 0.2) is 11.2 Å². The van der Waals surface area contributed by atoms with Crippen molar-refractivity contribution in [3.63, 3.8) is 0 Å². The van der Waals surface area contributed by atoms with E-state index in [2.05, 4.69) is 10.3 Å². The molecule has 0 saturated carbocycles. The molecule has 0 bridgehead atoms. The highest BCUT2D eigenvalue weighted by Gasteiger charge is 2.05. The van der Waals surface area contributed by atoms with Crippen LogP contribution in [-0.4, -0.2) is 20.8 Å². The number of rotatable bonds is 3. The molecule has 0 unspecified atom stereocenters. The summed E-state index contributed by atoms with van der Waals surface area (Å²) in [5.41, 5.74) is 7.31. The lowest BCUT2D eigenvalue weighted by atomic mass is 10.2. The Morgan fingerprint density at radius 3 is 3.00 bits per heavy atom. The first-order chi connectivity index (χ1) is 6.17. The first-order valence-electron chi connectivity index (χ1n) is 4.17. The van der Waals surface area contributed by atoms with Gasteiger partial charge in [0.1, 0.15) is 5.84 Å². The molecule has 5 nitrogen and oxygen atoms in total. The number of aryl methyl sites for hydroxylation is 2. The molecular weight excluding hydrogens is 168 g/mol. The Balaban J connectivity index is 2.86. The van der Waals surface area contributed by atoms with E-state index in [1.165, 1.54) is 0 Å². The van der Waals surface area contributed by atoms with E-state index in [9.17, 15) is 0 Å². The molecule has 0 aliphatic heterocycles. The first-order valence-corrected chi connectivity index (χ1v) is 4.17. The van der Waals surface area contributed by atoms with E-state index >= 15 is 0 Å². The maximum Gasteiger partial charge on any atom is 0.145 e. The lowest BCUT2D eigenvalue weighted by molar-refractivity contribution is 0.317. The molecule has 0 atom stereocenters. The van der Waals surface area contributed by atoms with Crippen LogP contribution in [0, 0.1) is 6.92 Å². The van der Waals surface area contributed by atoms with Gasteiger partial charge in [0.15, 0.2) is 0 Å². The number of nitrogens with two attached hydrogens (primary N) is 1. The van der Waals surface area contributed by atoms with E-state index in [0.29, 0.717) is 6.42 Å². The molecule has 0 spiro atoms. The normalized spacial score (nSPS) is 12.0.